The summed E-state index contributed by atoms with van der Waals surface area (Å²) in [6.07, 6.45) is 0. The lowest BCUT2D eigenvalue weighted by atomic mass is 9.97. The first-order chi connectivity index (χ1) is 9.77. The summed E-state index contributed by atoms with van der Waals surface area (Å²) in [5, 5.41) is 15.1. The van der Waals surface area contributed by atoms with Crippen molar-refractivity contribution in [3.63, 3.8) is 0 Å². The van der Waals surface area contributed by atoms with Gasteiger partial charge in [-0.25, -0.2) is 0 Å². The molecule has 0 amide bonds. The minimum absolute atomic E-state index is 0.566. The molecule has 1 aliphatic rings. The molecule has 0 aromatic heterocycles. The lowest BCUT2D eigenvalue weighted by Crippen LogP contribution is -2.47. The van der Waals surface area contributed by atoms with E-state index in [2.05, 4.69) is 5.32 Å². The molecule has 3 rings (SSSR count). The van der Waals surface area contributed by atoms with E-state index in [4.69, 9.17) is 0 Å². The summed E-state index contributed by atoms with van der Waals surface area (Å²) in [5.74, 6) is -0.775. The van der Waals surface area contributed by atoms with Crippen LogP contribution >= 0.6 is 0 Å². The molecule has 20 heavy (non-hydrogen) atoms. The predicted molar refractivity (Wildman–Crippen MR) is 78.8 cm³/mol. The van der Waals surface area contributed by atoms with Gasteiger partial charge in [0.05, 0.1) is 0 Å². The van der Waals surface area contributed by atoms with Crippen LogP contribution in [0.2, 0.25) is 0 Å². The maximum atomic E-state index is 11.8. The van der Waals surface area contributed by atoms with Crippen LogP contribution < -0.4 is 5.32 Å². The Bertz CT molecular complexity index is 615. The SMILES string of the molecule is O=C(O)C(c1cccc2ccccc12)N1CCNCC1. The highest BCUT2D eigenvalue weighted by atomic mass is 16.4. The first kappa shape index (κ1) is 13.1. The maximum Gasteiger partial charge on any atom is 0.325 e. The van der Waals surface area contributed by atoms with Gasteiger partial charge in [-0.1, -0.05) is 42.5 Å². The summed E-state index contributed by atoms with van der Waals surface area (Å²) in [6.45, 7) is 3.21. The molecule has 1 atom stereocenters. The van der Waals surface area contributed by atoms with Crippen molar-refractivity contribution in [1.82, 2.24) is 10.2 Å². The monoisotopic (exact) mass is 270 g/mol. The number of carbonyl (C=O) groups is 1. The number of piperazine rings is 1. The molecule has 1 aliphatic heterocycles. The average Bonchev–Trinajstić information content (AvgIpc) is 2.48. The highest BCUT2D eigenvalue weighted by Crippen LogP contribution is 2.28. The molecule has 0 aliphatic carbocycles. The number of nitrogens with one attached hydrogen (secondary N) is 1. The van der Waals surface area contributed by atoms with Crippen LogP contribution in [0.5, 0.6) is 0 Å². The highest BCUT2D eigenvalue weighted by molar-refractivity contribution is 5.90. The molecule has 4 heteroatoms. The lowest BCUT2D eigenvalue weighted by molar-refractivity contribution is -0.143. The third kappa shape index (κ3) is 2.40. The fraction of sp³-hybridized carbons (Fsp3) is 0.312. The van der Waals surface area contributed by atoms with Crippen LogP contribution in [0.15, 0.2) is 42.5 Å². The van der Waals surface area contributed by atoms with Gasteiger partial charge in [0.25, 0.3) is 0 Å². The van der Waals surface area contributed by atoms with Crippen LogP contribution in [0.25, 0.3) is 10.8 Å². The summed E-state index contributed by atoms with van der Waals surface area (Å²) in [7, 11) is 0. The van der Waals surface area contributed by atoms with Crippen molar-refractivity contribution in [1.29, 1.82) is 0 Å². The quantitative estimate of drug-likeness (QED) is 0.894. The summed E-state index contributed by atoms with van der Waals surface area (Å²) in [5.41, 5.74) is 0.887. The topological polar surface area (TPSA) is 52.6 Å². The Labute approximate surface area is 118 Å². The smallest absolute Gasteiger partial charge is 0.325 e. The van der Waals surface area contributed by atoms with Crippen molar-refractivity contribution in [2.24, 2.45) is 0 Å². The third-order valence-electron chi connectivity index (χ3n) is 3.87. The second-order valence-electron chi connectivity index (χ2n) is 5.10. The molecular formula is C16H18N2O2. The fourth-order valence-electron chi connectivity index (χ4n) is 2.92. The van der Waals surface area contributed by atoms with E-state index >= 15 is 0 Å². The Hall–Kier alpha value is -1.91. The molecule has 2 aromatic rings. The Balaban J connectivity index is 2.07. The van der Waals surface area contributed by atoms with E-state index in [9.17, 15) is 9.90 Å². The summed E-state index contributed by atoms with van der Waals surface area (Å²) in [4.78, 5) is 13.8. The van der Waals surface area contributed by atoms with Crippen LogP contribution in [-0.2, 0) is 4.79 Å². The van der Waals surface area contributed by atoms with Crippen molar-refractivity contribution in [2.45, 2.75) is 6.04 Å². The zero-order valence-corrected chi connectivity index (χ0v) is 11.2. The number of hydrogen-bond acceptors (Lipinski definition) is 3. The summed E-state index contributed by atoms with van der Waals surface area (Å²) in [6, 6.07) is 13.3. The Morgan fingerprint density at radius 3 is 2.55 bits per heavy atom. The molecule has 1 fully saturated rings. The highest BCUT2D eigenvalue weighted by Gasteiger charge is 2.29. The normalized spacial score (nSPS) is 18.0. The second-order valence-corrected chi connectivity index (χ2v) is 5.10. The van der Waals surface area contributed by atoms with Crippen molar-refractivity contribution < 1.29 is 9.90 Å². The van der Waals surface area contributed by atoms with E-state index < -0.39 is 12.0 Å². The first-order valence-electron chi connectivity index (χ1n) is 6.92. The van der Waals surface area contributed by atoms with Crippen molar-refractivity contribution in [3.8, 4) is 0 Å². The summed E-state index contributed by atoms with van der Waals surface area (Å²) < 4.78 is 0. The van der Waals surface area contributed by atoms with Crippen LogP contribution in [0.4, 0.5) is 0 Å². The van der Waals surface area contributed by atoms with Crippen molar-refractivity contribution in [2.75, 3.05) is 26.2 Å². The molecule has 1 heterocycles. The number of carboxylic acids is 1. The van der Waals surface area contributed by atoms with Crippen molar-refractivity contribution in [3.05, 3.63) is 48.0 Å². The van der Waals surface area contributed by atoms with Gasteiger partial charge in [-0.2, -0.15) is 0 Å². The van der Waals surface area contributed by atoms with E-state index in [0.29, 0.717) is 0 Å². The molecule has 1 saturated heterocycles. The predicted octanol–water partition coefficient (Wildman–Crippen LogP) is 1.87. The van der Waals surface area contributed by atoms with Crippen LogP contribution in [-0.4, -0.2) is 42.2 Å². The molecule has 0 spiro atoms. The molecule has 2 aromatic carbocycles. The van der Waals surface area contributed by atoms with Gasteiger partial charge in [-0.3, -0.25) is 9.69 Å². The van der Waals surface area contributed by atoms with Gasteiger partial charge in [-0.15, -0.1) is 0 Å². The van der Waals surface area contributed by atoms with Crippen molar-refractivity contribution >= 4 is 16.7 Å². The van der Waals surface area contributed by atoms with E-state index in [0.717, 1.165) is 42.5 Å². The van der Waals surface area contributed by atoms with Gasteiger partial charge in [0.15, 0.2) is 0 Å². The maximum absolute atomic E-state index is 11.8. The van der Waals surface area contributed by atoms with Gasteiger partial charge in [0, 0.05) is 26.2 Å². The number of fused-ring (bicyclic) bond motifs is 1. The minimum Gasteiger partial charge on any atom is -0.480 e. The second kappa shape index (κ2) is 5.61. The Morgan fingerprint density at radius 1 is 1.10 bits per heavy atom. The Morgan fingerprint density at radius 2 is 1.80 bits per heavy atom. The van der Waals surface area contributed by atoms with Gasteiger partial charge < -0.3 is 10.4 Å². The Kier molecular flexibility index (Phi) is 3.67. The number of aliphatic carboxylic acids is 1. The van der Waals surface area contributed by atoms with Crippen LogP contribution in [0.3, 0.4) is 0 Å². The van der Waals surface area contributed by atoms with Crippen LogP contribution in [0.1, 0.15) is 11.6 Å². The number of hydrogen-bond donors (Lipinski definition) is 2. The van der Waals surface area contributed by atoms with Gasteiger partial charge in [0.2, 0.25) is 0 Å². The molecule has 0 radical (unpaired) electrons. The van der Waals surface area contributed by atoms with Gasteiger partial charge >= 0.3 is 5.97 Å². The zero-order valence-electron chi connectivity index (χ0n) is 11.2. The standard InChI is InChI=1S/C16H18N2O2/c19-16(20)15(18-10-8-17-9-11-18)14-7-3-5-12-4-1-2-6-13(12)14/h1-7,15,17H,8-11H2,(H,19,20). The zero-order chi connectivity index (χ0) is 13.9. The largest absolute Gasteiger partial charge is 0.480 e. The molecule has 4 nitrogen and oxygen atoms in total. The molecular weight excluding hydrogens is 252 g/mol. The summed E-state index contributed by atoms with van der Waals surface area (Å²) >= 11 is 0. The van der Waals surface area contributed by atoms with E-state index in [-0.39, 0.29) is 0 Å². The van der Waals surface area contributed by atoms with Gasteiger partial charge in [-0.05, 0) is 16.3 Å². The molecule has 104 valence electrons. The fourth-order valence-corrected chi connectivity index (χ4v) is 2.92. The van der Waals surface area contributed by atoms with E-state index in [1.807, 2.05) is 47.4 Å². The molecule has 2 N–H and O–H groups in total. The van der Waals surface area contributed by atoms with E-state index in [1.165, 1.54) is 0 Å². The minimum atomic E-state index is -0.775. The first-order valence-corrected chi connectivity index (χ1v) is 6.92. The number of benzene rings is 2. The number of rotatable bonds is 3. The molecule has 0 saturated carbocycles. The lowest BCUT2D eigenvalue weighted by Gasteiger charge is -2.33. The molecule has 1 unspecified atom stereocenters. The van der Waals surface area contributed by atoms with E-state index in [1.54, 1.807) is 0 Å². The number of carboxylic acid groups (broad SMARTS) is 1. The number of nitrogens with zero attached hydrogens (tertiary/aromatic N) is 1. The van der Waals surface area contributed by atoms with Gasteiger partial charge in [0.1, 0.15) is 6.04 Å². The average molecular weight is 270 g/mol. The third-order valence-corrected chi connectivity index (χ3v) is 3.87. The van der Waals surface area contributed by atoms with Crippen LogP contribution in [0, 0.1) is 0 Å². The molecule has 0 bridgehead atoms.